The number of nitrogens with zero attached hydrogens (tertiary/aromatic N) is 1. The van der Waals surface area contributed by atoms with E-state index in [1.54, 1.807) is 16.8 Å². The molecule has 0 aliphatic heterocycles. The molecule has 24 heavy (non-hydrogen) atoms. The second-order valence-electron chi connectivity index (χ2n) is 6.31. The first-order chi connectivity index (χ1) is 11.5. The summed E-state index contributed by atoms with van der Waals surface area (Å²) in [6.07, 6.45) is 9.59. The van der Waals surface area contributed by atoms with Gasteiger partial charge < -0.3 is 0 Å². The Hall–Kier alpha value is 0.398. The first-order valence-corrected chi connectivity index (χ1v) is 11.7. The standard InChI is InChI=1S/C18H34NO2S2.Mo/c1-5-9-11-16(7-3)13-19(21-15-20)18(22)23-14-17(8-4)12-10-6-2;/h16-17H,5-14H2,1-4H3;. The third-order valence-corrected chi connectivity index (χ3v) is 6.17. The van der Waals surface area contributed by atoms with E-state index in [2.05, 4.69) is 27.7 Å². The minimum absolute atomic E-state index is 0.280. The van der Waals surface area contributed by atoms with Crippen LogP contribution in [0.5, 0.6) is 0 Å². The molecular weight excluding hydrogens is 422 g/mol. The van der Waals surface area contributed by atoms with E-state index in [0.717, 1.165) is 25.1 Å². The molecule has 0 spiro atoms. The molecule has 0 saturated heterocycles. The van der Waals surface area contributed by atoms with Gasteiger partial charge in [-0.2, -0.15) is 0 Å². The molecule has 0 bridgehead atoms. The van der Waals surface area contributed by atoms with Gasteiger partial charge in [0, 0.05) is 0 Å². The fraction of sp³-hybridized carbons (Fsp3) is 0.889. The van der Waals surface area contributed by atoms with Crippen LogP contribution in [0, 0.1) is 11.8 Å². The Kier molecular flexibility index (Phi) is 15.9. The molecule has 141 valence electrons. The van der Waals surface area contributed by atoms with Crippen molar-refractivity contribution in [1.29, 1.82) is 0 Å². The van der Waals surface area contributed by atoms with Crippen LogP contribution in [-0.4, -0.2) is 26.0 Å². The van der Waals surface area contributed by atoms with Gasteiger partial charge in [-0.1, -0.05) is 0 Å². The molecule has 0 N–H and O–H groups in total. The number of rotatable bonds is 12. The summed E-state index contributed by atoms with van der Waals surface area (Å²) in [6.45, 7) is 9.59. The fourth-order valence-electron chi connectivity index (χ4n) is 2.55. The van der Waals surface area contributed by atoms with Gasteiger partial charge in [-0.3, -0.25) is 0 Å². The molecule has 2 atom stereocenters. The summed E-state index contributed by atoms with van der Waals surface area (Å²) >= 11 is 8.60. The van der Waals surface area contributed by atoms with E-state index in [4.69, 9.17) is 17.1 Å². The van der Waals surface area contributed by atoms with Crippen LogP contribution in [0.25, 0.3) is 0 Å². The summed E-state index contributed by atoms with van der Waals surface area (Å²) in [4.78, 5) is 16.9. The van der Waals surface area contributed by atoms with Crippen LogP contribution in [0.4, 0.5) is 4.79 Å². The molecule has 0 aromatic heterocycles. The second-order valence-corrected chi connectivity index (χ2v) is 8.79. The van der Waals surface area contributed by atoms with Crippen LogP contribution in [0.2, 0.25) is 0 Å². The molecule has 0 aromatic rings. The average molecular weight is 457 g/mol. The average Bonchev–Trinajstić information content (AvgIpc) is 2.57. The molecule has 0 aliphatic rings. The van der Waals surface area contributed by atoms with Gasteiger partial charge in [0.05, 0.1) is 0 Å². The van der Waals surface area contributed by atoms with Gasteiger partial charge in [0.1, 0.15) is 0 Å². The van der Waals surface area contributed by atoms with Gasteiger partial charge in [-0.25, -0.2) is 0 Å². The van der Waals surface area contributed by atoms with E-state index in [1.807, 2.05) is 0 Å². The predicted molar refractivity (Wildman–Crippen MR) is 105 cm³/mol. The Morgan fingerprint density at radius 1 is 1.08 bits per heavy atom. The molecule has 0 amide bonds. The Balaban J connectivity index is 4.60. The normalized spacial score (nSPS) is 13.3. The summed E-state index contributed by atoms with van der Waals surface area (Å²) in [5.41, 5.74) is 0. The SMILES string of the molecule is CCCCC(CC)CSC(=S)N(CC(CC)CCCC)O[C](=O)[Mo]. The van der Waals surface area contributed by atoms with E-state index < -0.39 is 0 Å². The molecule has 2 unspecified atom stereocenters. The van der Waals surface area contributed by atoms with Crippen molar-refractivity contribution < 1.29 is 29.4 Å². The Bertz CT molecular complexity index is 356. The molecular formula is C18H34MoNO2S2. The van der Waals surface area contributed by atoms with Crippen molar-refractivity contribution in [3.63, 3.8) is 0 Å². The van der Waals surface area contributed by atoms with E-state index in [9.17, 15) is 4.79 Å². The van der Waals surface area contributed by atoms with Gasteiger partial charge in [0.2, 0.25) is 0 Å². The van der Waals surface area contributed by atoms with Crippen LogP contribution in [-0.2, 0) is 24.7 Å². The molecule has 0 fully saturated rings. The number of thioether (sulfide) groups is 1. The molecule has 0 radical (unpaired) electrons. The van der Waals surface area contributed by atoms with Crippen molar-refractivity contribution in [2.75, 3.05) is 12.3 Å². The maximum atomic E-state index is 11.4. The monoisotopic (exact) mass is 458 g/mol. The summed E-state index contributed by atoms with van der Waals surface area (Å²) in [7, 11) is 0. The Labute approximate surface area is 169 Å². The van der Waals surface area contributed by atoms with Crippen LogP contribution in [0.1, 0.15) is 79.1 Å². The van der Waals surface area contributed by atoms with Crippen molar-refractivity contribution in [2.45, 2.75) is 79.1 Å². The van der Waals surface area contributed by atoms with Crippen molar-refractivity contribution in [3.8, 4) is 0 Å². The van der Waals surface area contributed by atoms with Crippen LogP contribution < -0.4 is 0 Å². The third kappa shape index (κ3) is 11.9. The van der Waals surface area contributed by atoms with Crippen molar-refractivity contribution >= 4 is 32.7 Å². The number of thiocarbonyl (C=S) groups is 1. The molecule has 0 aromatic carbocycles. The summed E-state index contributed by atoms with van der Waals surface area (Å²) in [5.74, 6) is 2.22. The molecule has 0 heterocycles. The third-order valence-electron chi connectivity index (χ3n) is 4.34. The maximum absolute atomic E-state index is 11.4. The number of carbonyl (C=O) groups excluding carboxylic acids is 1. The van der Waals surface area contributed by atoms with Gasteiger partial charge in [0.25, 0.3) is 0 Å². The first kappa shape index (κ1) is 24.4. The van der Waals surface area contributed by atoms with E-state index in [-0.39, 0.29) is 4.36 Å². The van der Waals surface area contributed by atoms with Crippen molar-refractivity contribution in [1.82, 2.24) is 5.06 Å². The fourth-order valence-corrected chi connectivity index (χ4v) is 4.12. The van der Waals surface area contributed by atoms with E-state index >= 15 is 0 Å². The Morgan fingerprint density at radius 3 is 2.08 bits per heavy atom. The summed E-state index contributed by atoms with van der Waals surface area (Å²) < 4.78 is 0.425. The second kappa shape index (κ2) is 15.6. The number of hydrogen-bond acceptors (Lipinski definition) is 4. The quantitative estimate of drug-likeness (QED) is 0.194. The number of carbonyl (C=O) groups is 1. The van der Waals surface area contributed by atoms with Crippen LogP contribution in [0.15, 0.2) is 0 Å². The van der Waals surface area contributed by atoms with E-state index in [0.29, 0.717) is 16.2 Å². The molecule has 0 saturated carbocycles. The van der Waals surface area contributed by atoms with Gasteiger partial charge in [-0.05, 0) is 0 Å². The predicted octanol–water partition coefficient (Wildman–Crippen LogP) is 6.34. The molecule has 0 rings (SSSR count). The van der Waals surface area contributed by atoms with Gasteiger partial charge in [0.15, 0.2) is 0 Å². The van der Waals surface area contributed by atoms with Crippen molar-refractivity contribution in [3.05, 3.63) is 0 Å². The Morgan fingerprint density at radius 2 is 1.62 bits per heavy atom. The summed E-state index contributed by atoms with van der Waals surface area (Å²) in [6, 6.07) is 0. The van der Waals surface area contributed by atoms with E-state index in [1.165, 1.54) is 58.3 Å². The molecule has 6 heteroatoms. The topological polar surface area (TPSA) is 29.5 Å². The van der Waals surface area contributed by atoms with Crippen LogP contribution in [0.3, 0.4) is 0 Å². The van der Waals surface area contributed by atoms with Gasteiger partial charge in [-0.15, -0.1) is 0 Å². The van der Waals surface area contributed by atoms with Crippen molar-refractivity contribution in [2.24, 2.45) is 11.8 Å². The first-order valence-electron chi connectivity index (χ1n) is 9.31. The van der Waals surface area contributed by atoms with Gasteiger partial charge >= 0.3 is 170 Å². The molecule has 0 aliphatic carbocycles. The molecule has 3 nitrogen and oxygen atoms in total. The summed E-state index contributed by atoms with van der Waals surface area (Å²) in [5, 5.41) is 1.67. The number of unbranched alkanes of at least 4 members (excludes halogenated alkanes) is 2. The number of hydrogen-bond donors (Lipinski definition) is 0. The zero-order valence-corrected chi connectivity index (χ0v) is 19.4. The zero-order valence-electron chi connectivity index (χ0n) is 15.7. The minimum atomic E-state index is -0.280. The zero-order chi connectivity index (χ0) is 18.4. The number of hydroxylamine groups is 2. The van der Waals surface area contributed by atoms with Crippen LogP contribution >= 0.6 is 24.0 Å².